The molecule has 0 saturated heterocycles. The summed E-state index contributed by atoms with van der Waals surface area (Å²) in [6.45, 7) is 8.39. The highest BCUT2D eigenvalue weighted by Crippen LogP contribution is 2.70. The van der Waals surface area contributed by atoms with Gasteiger partial charge in [0.1, 0.15) is 18.6 Å². The third-order valence-corrected chi connectivity index (χ3v) is 11.5. The predicted octanol–water partition coefficient (Wildman–Crippen LogP) is 4.14. The van der Waals surface area contributed by atoms with E-state index in [1.165, 1.54) is 6.08 Å². The molecule has 10 heteroatoms. The Morgan fingerprint density at radius 3 is 2.49 bits per heavy atom. The number of hydrogen-bond acceptors (Lipinski definition) is 8. The van der Waals surface area contributed by atoms with Gasteiger partial charge < -0.3 is 24.0 Å². The van der Waals surface area contributed by atoms with Gasteiger partial charge in [-0.2, -0.15) is 0 Å². The first-order chi connectivity index (χ1) is 17.2. The Bertz CT molecular complexity index is 1050. The van der Waals surface area contributed by atoms with Crippen molar-refractivity contribution in [2.75, 3.05) is 26.2 Å². The molecule has 0 aliphatic heterocycles. The summed E-state index contributed by atoms with van der Waals surface area (Å²) in [4.78, 5) is 25.6. The molecular formula is C27H40FO8P. The van der Waals surface area contributed by atoms with Gasteiger partial charge in [-0.15, -0.1) is 0 Å². The van der Waals surface area contributed by atoms with Gasteiger partial charge in [-0.1, -0.05) is 31.6 Å². The Balaban J connectivity index is 1.61. The van der Waals surface area contributed by atoms with Crippen molar-refractivity contribution in [3.05, 3.63) is 23.8 Å². The lowest BCUT2D eigenvalue weighted by atomic mass is 9.45. The van der Waals surface area contributed by atoms with Crippen LogP contribution in [0.25, 0.3) is 0 Å². The van der Waals surface area contributed by atoms with Crippen molar-refractivity contribution in [3.63, 3.8) is 0 Å². The zero-order chi connectivity index (χ0) is 27.4. The molecule has 208 valence electrons. The maximum absolute atomic E-state index is 17.2. The standard InChI is InChI=1S/C27H40FO8P/c1-6-35-37(33,36-7-2)16-34-15-23(31)27(32)17(3)12-21-20-9-8-18-13-19(29)10-11-24(18,4)26(20,28)22(30)14-25(21,27)5/h8,10-11,17,20-22,30,32H,6-7,9,12-16H2,1-5H3/t17-,20+,21+,22+,24+,25+,26+,27+/m1/s1. The molecular weight excluding hydrogens is 502 g/mol. The van der Waals surface area contributed by atoms with Gasteiger partial charge in [0.25, 0.3) is 0 Å². The van der Waals surface area contributed by atoms with Crippen LogP contribution in [0.15, 0.2) is 23.8 Å². The van der Waals surface area contributed by atoms with E-state index in [4.69, 9.17) is 13.8 Å². The molecule has 0 spiro atoms. The summed E-state index contributed by atoms with van der Waals surface area (Å²) in [6.07, 6.45) is 3.75. The number of fused-ring (bicyclic) bond motifs is 5. The minimum atomic E-state index is -3.54. The third-order valence-electron chi connectivity index (χ3n) is 9.75. The molecule has 0 aromatic heterocycles. The Morgan fingerprint density at radius 1 is 1.22 bits per heavy atom. The second-order valence-electron chi connectivity index (χ2n) is 11.5. The highest BCUT2D eigenvalue weighted by atomic mass is 31.2. The fourth-order valence-corrected chi connectivity index (χ4v) is 9.24. The first-order valence-electron chi connectivity index (χ1n) is 13.2. The number of allylic oxidation sites excluding steroid dienone is 4. The number of hydrogen-bond donors (Lipinski definition) is 2. The van der Waals surface area contributed by atoms with Crippen molar-refractivity contribution in [1.82, 2.24) is 0 Å². The van der Waals surface area contributed by atoms with Crippen LogP contribution < -0.4 is 0 Å². The largest absolute Gasteiger partial charge is 0.390 e. The molecule has 8 nitrogen and oxygen atoms in total. The first-order valence-corrected chi connectivity index (χ1v) is 15.0. The zero-order valence-corrected chi connectivity index (χ0v) is 23.3. The number of carbonyl (C=O) groups is 2. The Labute approximate surface area is 218 Å². The predicted molar refractivity (Wildman–Crippen MR) is 135 cm³/mol. The van der Waals surface area contributed by atoms with Crippen molar-refractivity contribution in [3.8, 4) is 0 Å². The number of carbonyl (C=O) groups excluding carboxylic acids is 2. The lowest BCUT2D eigenvalue weighted by Gasteiger charge is -2.62. The fourth-order valence-electron chi connectivity index (χ4n) is 7.91. The quantitative estimate of drug-likeness (QED) is 0.330. The summed E-state index contributed by atoms with van der Waals surface area (Å²) < 4.78 is 45.8. The van der Waals surface area contributed by atoms with Gasteiger partial charge in [0.05, 0.1) is 19.3 Å². The van der Waals surface area contributed by atoms with Crippen LogP contribution in [0, 0.1) is 28.6 Å². The number of rotatable bonds is 9. The van der Waals surface area contributed by atoms with E-state index in [9.17, 15) is 24.4 Å². The Kier molecular flexibility index (Phi) is 7.59. The van der Waals surface area contributed by atoms with E-state index in [2.05, 4.69) is 0 Å². The Hall–Kier alpha value is -1.22. The number of aliphatic hydroxyl groups excluding tert-OH is 1. The van der Waals surface area contributed by atoms with Crippen molar-refractivity contribution in [2.45, 2.75) is 77.7 Å². The molecule has 0 aromatic carbocycles. The van der Waals surface area contributed by atoms with Crippen molar-refractivity contribution in [1.29, 1.82) is 0 Å². The van der Waals surface area contributed by atoms with Gasteiger partial charge in [-0.25, -0.2) is 4.39 Å². The van der Waals surface area contributed by atoms with Crippen LogP contribution in [0.5, 0.6) is 0 Å². The maximum atomic E-state index is 17.2. The van der Waals surface area contributed by atoms with Crippen LogP contribution in [0.3, 0.4) is 0 Å². The molecule has 8 atom stereocenters. The first kappa shape index (κ1) is 28.8. The molecule has 37 heavy (non-hydrogen) atoms. The average Bonchev–Trinajstić information content (AvgIpc) is 3.02. The van der Waals surface area contributed by atoms with Gasteiger partial charge >= 0.3 is 7.60 Å². The molecule has 0 unspecified atom stereocenters. The van der Waals surface area contributed by atoms with E-state index in [1.54, 1.807) is 40.7 Å². The molecule has 0 bridgehead atoms. The van der Waals surface area contributed by atoms with Crippen LogP contribution >= 0.6 is 7.60 Å². The molecule has 0 amide bonds. The van der Waals surface area contributed by atoms with Gasteiger partial charge in [0, 0.05) is 23.2 Å². The second kappa shape index (κ2) is 9.76. The lowest BCUT2D eigenvalue weighted by Crippen LogP contribution is -2.69. The van der Waals surface area contributed by atoms with Gasteiger partial charge in [-0.3, -0.25) is 14.2 Å². The molecule has 2 fully saturated rings. The van der Waals surface area contributed by atoms with E-state index in [-0.39, 0.29) is 37.8 Å². The monoisotopic (exact) mass is 542 g/mol. The number of ketones is 2. The summed E-state index contributed by atoms with van der Waals surface area (Å²) in [6, 6.07) is 0. The lowest BCUT2D eigenvalue weighted by molar-refractivity contribution is -0.215. The van der Waals surface area contributed by atoms with E-state index in [0.29, 0.717) is 18.4 Å². The maximum Gasteiger partial charge on any atom is 0.356 e. The summed E-state index contributed by atoms with van der Waals surface area (Å²) in [5.41, 5.74) is -5.47. The van der Waals surface area contributed by atoms with Gasteiger partial charge in [0.15, 0.2) is 17.2 Å². The summed E-state index contributed by atoms with van der Waals surface area (Å²) in [7, 11) is -3.54. The van der Waals surface area contributed by atoms with Crippen LogP contribution in [0.4, 0.5) is 4.39 Å². The number of halogens is 1. The van der Waals surface area contributed by atoms with Crippen LogP contribution in [-0.2, 0) is 27.9 Å². The number of Topliss-reactive ketones (excluding diaryl/α,β-unsaturated/α-hetero) is 1. The van der Waals surface area contributed by atoms with E-state index < -0.39 is 66.4 Å². The second-order valence-corrected chi connectivity index (χ2v) is 13.5. The van der Waals surface area contributed by atoms with Gasteiger partial charge in [-0.05, 0) is 57.9 Å². The molecule has 2 saturated carbocycles. The summed E-state index contributed by atoms with van der Waals surface area (Å²) >= 11 is 0. The Morgan fingerprint density at radius 2 is 1.86 bits per heavy atom. The normalized spacial score (nSPS) is 43.1. The molecule has 4 aliphatic rings. The van der Waals surface area contributed by atoms with E-state index >= 15 is 4.39 Å². The van der Waals surface area contributed by atoms with Crippen molar-refractivity contribution in [2.24, 2.45) is 28.6 Å². The number of aliphatic hydroxyl groups is 2. The SMILES string of the molecule is CCOP(=O)(COCC(=O)[C@@]1(O)[C@H](C)C[C@H]2[C@@H]3CC=C4CC(=O)C=C[C@]4(C)[C@@]3(F)[C@@H](O)C[C@@]21C)OCC. The van der Waals surface area contributed by atoms with Crippen LogP contribution in [0.2, 0.25) is 0 Å². The molecule has 0 aromatic rings. The topological polar surface area (TPSA) is 119 Å². The van der Waals surface area contributed by atoms with Crippen LogP contribution in [-0.4, -0.2) is 65.3 Å². The summed E-state index contributed by atoms with van der Waals surface area (Å²) in [5, 5.41) is 23.4. The minimum absolute atomic E-state index is 0.0893. The number of ether oxygens (including phenoxy) is 1. The molecule has 2 N–H and O–H groups in total. The van der Waals surface area contributed by atoms with E-state index in [0.717, 1.165) is 0 Å². The third kappa shape index (κ3) is 4.07. The minimum Gasteiger partial charge on any atom is -0.390 e. The van der Waals surface area contributed by atoms with Crippen molar-refractivity contribution >= 4 is 19.2 Å². The highest BCUT2D eigenvalue weighted by Gasteiger charge is 2.75. The van der Waals surface area contributed by atoms with Crippen molar-refractivity contribution < 1.29 is 42.5 Å². The summed E-state index contributed by atoms with van der Waals surface area (Å²) in [5.74, 6) is -2.23. The molecule has 4 aliphatic carbocycles. The van der Waals surface area contributed by atoms with Gasteiger partial charge in [0.2, 0.25) is 0 Å². The number of alkyl halides is 1. The molecule has 4 rings (SSSR count). The smallest absolute Gasteiger partial charge is 0.356 e. The highest BCUT2D eigenvalue weighted by molar-refractivity contribution is 7.53. The average molecular weight is 543 g/mol. The van der Waals surface area contributed by atoms with E-state index in [1.807, 2.05) is 6.08 Å². The molecule has 0 heterocycles. The zero-order valence-electron chi connectivity index (χ0n) is 22.4. The van der Waals surface area contributed by atoms with Crippen LogP contribution in [0.1, 0.15) is 60.3 Å². The fraction of sp³-hybridized carbons (Fsp3) is 0.778. The molecule has 0 radical (unpaired) electrons.